The Balaban J connectivity index is 0.000000340. The number of aliphatic imine (C=N–C) groups is 1. The topological polar surface area (TPSA) is 106 Å². The lowest BCUT2D eigenvalue weighted by molar-refractivity contribution is -0.138. The first-order valence-corrected chi connectivity index (χ1v) is 12.4. The smallest absolute Gasteiger partial charge is 0.303 e. The van der Waals surface area contributed by atoms with Crippen molar-refractivity contribution in [1.82, 2.24) is 14.6 Å². The van der Waals surface area contributed by atoms with E-state index in [1.54, 1.807) is 10.7 Å². The molecule has 182 valence electrons. The number of aromatic nitrogens is 3. The van der Waals surface area contributed by atoms with Crippen LogP contribution in [0.1, 0.15) is 63.1 Å². The zero-order chi connectivity index (χ0) is 24.9. The second-order valence-electron chi connectivity index (χ2n) is 8.13. The minimum Gasteiger partial charge on any atom is -0.481 e. The van der Waals surface area contributed by atoms with Gasteiger partial charge in [-0.15, -0.1) is 12.3 Å². The van der Waals surface area contributed by atoms with Gasteiger partial charge in [-0.3, -0.25) is 9.79 Å². The summed E-state index contributed by atoms with van der Waals surface area (Å²) in [4.78, 5) is 19.3. The lowest BCUT2D eigenvalue weighted by Crippen LogP contribution is -2.10. The van der Waals surface area contributed by atoms with E-state index in [1.807, 2.05) is 44.4 Å². The molecule has 0 aromatic carbocycles. The summed E-state index contributed by atoms with van der Waals surface area (Å²) in [5.74, 6) is 0.373. The highest BCUT2D eigenvalue weighted by Gasteiger charge is 2.16. The molecule has 0 spiro atoms. The molecule has 0 amide bonds. The predicted octanol–water partition coefficient (Wildman–Crippen LogP) is 6.19. The van der Waals surface area contributed by atoms with Gasteiger partial charge in [0.2, 0.25) is 0 Å². The molecular formula is C26H34BrN5O2. The van der Waals surface area contributed by atoms with Gasteiger partial charge in [0.25, 0.3) is 0 Å². The zero-order valence-corrected chi connectivity index (χ0v) is 21.6. The van der Waals surface area contributed by atoms with Crippen LogP contribution in [0.25, 0.3) is 11.2 Å². The van der Waals surface area contributed by atoms with Crippen molar-refractivity contribution in [2.24, 2.45) is 10.9 Å². The molecule has 7 nitrogen and oxygen atoms in total. The molecule has 2 aromatic rings. The SMILES string of the molecule is C=CC/C=C(\C=NCC=C=CC)c1cnn2c(N)c(Br)c(C)nc12.O=C(O)CC1CCCCC1. The Morgan fingerprint density at radius 1 is 1.41 bits per heavy atom. The first-order chi connectivity index (χ1) is 16.4. The van der Waals surface area contributed by atoms with Crippen LogP contribution in [0, 0.1) is 12.8 Å². The van der Waals surface area contributed by atoms with Gasteiger partial charge in [-0.2, -0.15) is 9.61 Å². The molecule has 1 aliphatic carbocycles. The van der Waals surface area contributed by atoms with Crippen molar-refractivity contribution < 1.29 is 9.90 Å². The van der Waals surface area contributed by atoms with Crippen LogP contribution in [-0.4, -0.2) is 38.4 Å². The van der Waals surface area contributed by atoms with E-state index in [4.69, 9.17) is 10.8 Å². The summed E-state index contributed by atoms with van der Waals surface area (Å²) in [7, 11) is 0. The maximum absolute atomic E-state index is 10.3. The lowest BCUT2D eigenvalue weighted by atomic mass is 9.87. The Bertz CT molecular complexity index is 1100. The Labute approximate surface area is 210 Å². The van der Waals surface area contributed by atoms with Crippen LogP contribution in [0.2, 0.25) is 0 Å². The maximum Gasteiger partial charge on any atom is 0.303 e. The zero-order valence-electron chi connectivity index (χ0n) is 20.0. The van der Waals surface area contributed by atoms with E-state index in [0.29, 0.717) is 30.3 Å². The van der Waals surface area contributed by atoms with Gasteiger partial charge in [0.1, 0.15) is 5.82 Å². The summed E-state index contributed by atoms with van der Waals surface area (Å²) in [5, 5.41) is 12.8. The lowest BCUT2D eigenvalue weighted by Gasteiger charge is -2.18. The summed E-state index contributed by atoms with van der Waals surface area (Å²) in [6.45, 7) is 8.15. The number of rotatable bonds is 8. The largest absolute Gasteiger partial charge is 0.481 e. The number of carbonyl (C=O) groups is 1. The molecule has 0 bridgehead atoms. The third kappa shape index (κ3) is 8.12. The minimum atomic E-state index is -0.632. The van der Waals surface area contributed by atoms with E-state index < -0.39 is 5.97 Å². The van der Waals surface area contributed by atoms with E-state index in [2.05, 4.69) is 43.3 Å². The summed E-state index contributed by atoms with van der Waals surface area (Å²) >= 11 is 3.44. The van der Waals surface area contributed by atoms with E-state index in [0.717, 1.165) is 40.6 Å². The van der Waals surface area contributed by atoms with Gasteiger partial charge in [0, 0.05) is 23.8 Å². The number of nitrogens with two attached hydrogens (primary N) is 1. The molecule has 0 unspecified atom stereocenters. The number of nitrogen functional groups attached to an aromatic ring is 1. The summed E-state index contributed by atoms with van der Waals surface area (Å²) in [5.41, 5.74) is 12.5. The monoisotopic (exact) mass is 527 g/mol. The number of carboxylic acids is 1. The van der Waals surface area contributed by atoms with Crippen LogP contribution in [0.5, 0.6) is 0 Å². The molecule has 0 radical (unpaired) electrons. The van der Waals surface area contributed by atoms with E-state index in [1.165, 1.54) is 19.3 Å². The highest BCUT2D eigenvalue weighted by molar-refractivity contribution is 9.10. The number of anilines is 1. The Kier molecular flexibility index (Phi) is 11.5. The standard InChI is InChI=1S/C18H20BrN5.C8H14O2/c1-4-6-8-10-21-11-14(9-7-5-2)15-12-22-24-17(20)16(19)13(3)23-18(15)24;9-8(10)6-7-4-2-1-3-5-7/h4-5,8-9,11-12H,2,7,10,20H2,1,3H3;7H,1-6H2,(H,9,10)/b14-9+,21-11?;. The molecule has 0 saturated heterocycles. The van der Waals surface area contributed by atoms with Crippen molar-refractivity contribution >= 4 is 45.2 Å². The summed E-state index contributed by atoms with van der Waals surface area (Å²) in [6.07, 6.45) is 18.3. The fourth-order valence-electron chi connectivity index (χ4n) is 3.77. The highest BCUT2D eigenvalue weighted by atomic mass is 79.9. The molecule has 8 heteroatoms. The summed E-state index contributed by atoms with van der Waals surface area (Å²) in [6, 6.07) is 0. The Morgan fingerprint density at radius 3 is 2.79 bits per heavy atom. The van der Waals surface area contributed by atoms with Crippen LogP contribution in [0.4, 0.5) is 5.82 Å². The first kappa shape index (κ1) is 27.3. The molecular weight excluding hydrogens is 494 g/mol. The average molecular weight is 528 g/mol. The molecule has 1 aliphatic rings. The predicted molar refractivity (Wildman–Crippen MR) is 143 cm³/mol. The van der Waals surface area contributed by atoms with Crippen LogP contribution < -0.4 is 5.73 Å². The van der Waals surface area contributed by atoms with Gasteiger partial charge in [-0.1, -0.05) is 31.4 Å². The number of halogens is 1. The number of aliphatic carboxylic acids is 1. The maximum atomic E-state index is 10.3. The molecule has 0 atom stereocenters. The fourth-order valence-corrected chi connectivity index (χ4v) is 4.03. The molecule has 34 heavy (non-hydrogen) atoms. The molecule has 2 aromatic heterocycles. The van der Waals surface area contributed by atoms with Crippen molar-refractivity contribution in [3.8, 4) is 0 Å². The number of fused-ring (bicyclic) bond motifs is 1. The number of aryl methyl sites for hydroxylation is 1. The van der Waals surface area contributed by atoms with Gasteiger partial charge < -0.3 is 10.8 Å². The van der Waals surface area contributed by atoms with Crippen molar-refractivity contribution in [3.63, 3.8) is 0 Å². The van der Waals surface area contributed by atoms with Crippen LogP contribution in [0.3, 0.4) is 0 Å². The number of hydrogen-bond donors (Lipinski definition) is 2. The first-order valence-electron chi connectivity index (χ1n) is 11.6. The van der Waals surface area contributed by atoms with E-state index in [-0.39, 0.29) is 0 Å². The van der Waals surface area contributed by atoms with Crippen LogP contribution in [-0.2, 0) is 4.79 Å². The third-order valence-electron chi connectivity index (χ3n) is 5.50. The number of hydrogen-bond acceptors (Lipinski definition) is 5. The number of carboxylic acid groups (broad SMARTS) is 1. The summed E-state index contributed by atoms with van der Waals surface area (Å²) < 4.78 is 2.38. The van der Waals surface area contributed by atoms with E-state index >= 15 is 0 Å². The van der Waals surface area contributed by atoms with Crippen LogP contribution >= 0.6 is 15.9 Å². The van der Waals surface area contributed by atoms with Gasteiger partial charge >= 0.3 is 5.97 Å². The molecule has 1 saturated carbocycles. The van der Waals surface area contributed by atoms with Gasteiger partial charge in [0.05, 0.1) is 22.9 Å². The average Bonchev–Trinajstić information content (AvgIpc) is 3.23. The van der Waals surface area contributed by atoms with Crippen molar-refractivity contribution in [2.45, 2.75) is 58.8 Å². The van der Waals surface area contributed by atoms with Crippen molar-refractivity contribution in [1.29, 1.82) is 0 Å². The Morgan fingerprint density at radius 2 is 2.15 bits per heavy atom. The molecule has 2 heterocycles. The quantitative estimate of drug-likeness (QED) is 0.242. The van der Waals surface area contributed by atoms with Gasteiger partial charge in [-0.25, -0.2) is 4.98 Å². The van der Waals surface area contributed by atoms with Gasteiger partial charge in [0.15, 0.2) is 5.65 Å². The molecule has 0 aliphatic heterocycles. The number of allylic oxidation sites excluding steroid dienone is 3. The normalized spacial score (nSPS) is 14.4. The van der Waals surface area contributed by atoms with Crippen molar-refractivity contribution in [2.75, 3.05) is 12.3 Å². The minimum absolute atomic E-state index is 0.389. The second-order valence-corrected chi connectivity index (χ2v) is 8.92. The molecule has 3 rings (SSSR count). The highest BCUT2D eigenvalue weighted by Crippen LogP contribution is 2.27. The van der Waals surface area contributed by atoms with Crippen molar-refractivity contribution in [3.05, 3.63) is 58.5 Å². The molecule has 3 N–H and O–H groups in total. The Hall–Kier alpha value is -2.96. The van der Waals surface area contributed by atoms with E-state index in [9.17, 15) is 4.79 Å². The molecule has 1 fully saturated rings. The number of nitrogens with zero attached hydrogens (tertiary/aromatic N) is 4. The third-order valence-corrected chi connectivity index (χ3v) is 6.48. The second kappa shape index (κ2) is 14.3. The van der Waals surface area contributed by atoms with Gasteiger partial charge in [-0.05, 0) is 67.1 Å². The fraction of sp³-hybridized carbons (Fsp3) is 0.423. The van der Waals surface area contributed by atoms with Crippen LogP contribution in [0.15, 0.2) is 52.3 Å².